The lowest BCUT2D eigenvalue weighted by molar-refractivity contribution is 0.0697. The first-order valence-corrected chi connectivity index (χ1v) is 6.20. The smallest absolute Gasteiger partial charge is 0.339 e. The highest BCUT2D eigenvalue weighted by atomic mass is 35.5. The third-order valence-electron chi connectivity index (χ3n) is 3.37. The van der Waals surface area contributed by atoms with E-state index in [2.05, 4.69) is 0 Å². The fraction of sp³-hybridized carbons (Fsp3) is 0.462. The van der Waals surface area contributed by atoms with Gasteiger partial charge in [0.2, 0.25) is 0 Å². The zero-order chi connectivity index (χ0) is 12.4. The Bertz CT molecular complexity index is 429. The largest absolute Gasteiger partial charge is 0.478 e. The zero-order valence-electron chi connectivity index (χ0n) is 9.82. The number of hydrogen-bond donors (Lipinski definition) is 1. The number of nitrogens with zero attached hydrogens (tertiary/aromatic N) is 1. The lowest BCUT2D eigenvalue weighted by Gasteiger charge is -2.32. The van der Waals surface area contributed by atoms with Gasteiger partial charge < -0.3 is 10.0 Å². The van der Waals surface area contributed by atoms with Gasteiger partial charge in [-0.15, -0.1) is 0 Å². The first-order chi connectivity index (χ1) is 8.09. The van der Waals surface area contributed by atoms with Crippen LogP contribution in [0.25, 0.3) is 0 Å². The van der Waals surface area contributed by atoms with Gasteiger partial charge >= 0.3 is 5.97 Å². The van der Waals surface area contributed by atoms with Crippen LogP contribution in [0.1, 0.15) is 29.6 Å². The Morgan fingerprint density at radius 3 is 2.76 bits per heavy atom. The molecule has 0 radical (unpaired) electrons. The normalized spacial score (nSPS) is 15.4. The molecule has 1 aromatic rings. The third-order valence-corrected chi connectivity index (χ3v) is 3.69. The highest BCUT2D eigenvalue weighted by Crippen LogP contribution is 2.31. The van der Waals surface area contributed by atoms with Crippen LogP contribution < -0.4 is 4.90 Å². The fourth-order valence-electron chi connectivity index (χ4n) is 2.20. The van der Waals surface area contributed by atoms with Crippen LogP contribution in [0.2, 0.25) is 5.02 Å². The molecule has 4 heteroatoms. The summed E-state index contributed by atoms with van der Waals surface area (Å²) >= 11 is 5.95. The van der Waals surface area contributed by atoms with E-state index in [1.807, 2.05) is 18.0 Å². The molecule has 3 nitrogen and oxygen atoms in total. The Balaban J connectivity index is 2.23. The van der Waals surface area contributed by atoms with Crippen LogP contribution in [0.4, 0.5) is 5.69 Å². The van der Waals surface area contributed by atoms with Gasteiger partial charge in [-0.1, -0.05) is 24.1 Å². The third kappa shape index (κ3) is 2.55. The van der Waals surface area contributed by atoms with Gasteiger partial charge in [0, 0.05) is 13.6 Å². The maximum atomic E-state index is 11.2. The molecule has 1 aliphatic rings. The van der Waals surface area contributed by atoms with Crippen LogP contribution in [0, 0.1) is 5.92 Å². The predicted molar refractivity (Wildman–Crippen MR) is 69.0 cm³/mol. The predicted octanol–water partition coefficient (Wildman–Crippen LogP) is 3.27. The summed E-state index contributed by atoms with van der Waals surface area (Å²) in [5.74, 6) is -0.272. The number of carboxylic acid groups (broad SMARTS) is 1. The molecule has 0 aromatic heterocycles. The molecule has 92 valence electrons. The van der Waals surface area contributed by atoms with Crippen molar-refractivity contribution in [1.29, 1.82) is 0 Å². The number of benzene rings is 1. The first kappa shape index (κ1) is 12.2. The van der Waals surface area contributed by atoms with Gasteiger partial charge in [0.15, 0.2) is 0 Å². The number of aromatic carboxylic acids is 1. The summed E-state index contributed by atoms with van der Waals surface area (Å²) < 4.78 is 0. The molecule has 0 bridgehead atoms. The Hall–Kier alpha value is -1.22. The van der Waals surface area contributed by atoms with Crippen LogP contribution >= 0.6 is 11.6 Å². The zero-order valence-corrected chi connectivity index (χ0v) is 10.6. The van der Waals surface area contributed by atoms with Crippen molar-refractivity contribution in [3.8, 4) is 0 Å². The lowest BCUT2D eigenvalue weighted by Crippen LogP contribution is -2.30. The topological polar surface area (TPSA) is 40.5 Å². The molecular weight excluding hydrogens is 238 g/mol. The van der Waals surface area contributed by atoms with Crippen molar-refractivity contribution in [2.24, 2.45) is 5.92 Å². The summed E-state index contributed by atoms with van der Waals surface area (Å²) in [6, 6.07) is 5.22. The van der Waals surface area contributed by atoms with Crippen molar-refractivity contribution >= 4 is 23.3 Å². The van der Waals surface area contributed by atoms with Crippen molar-refractivity contribution in [2.45, 2.75) is 19.3 Å². The number of carbonyl (C=O) groups is 1. The Morgan fingerprint density at radius 1 is 1.53 bits per heavy atom. The minimum Gasteiger partial charge on any atom is -0.478 e. The van der Waals surface area contributed by atoms with Crippen LogP contribution in [0.3, 0.4) is 0 Å². The van der Waals surface area contributed by atoms with E-state index >= 15 is 0 Å². The second-order valence-electron chi connectivity index (χ2n) is 4.62. The molecule has 0 spiro atoms. The molecule has 1 aromatic carbocycles. The van der Waals surface area contributed by atoms with E-state index in [1.165, 1.54) is 19.3 Å². The molecule has 1 aliphatic carbocycles. The number of carboxylic acids is 1. The quantitative estimate of drug-likeness (QED) is 0.895. The summed E-state index contributed by atoms with van der Waals surface area (Å²) in [5, 5.41) is 9.49. The molecule has 0 heterocycles. The molecule has 17 heavy (non-hydrogen) atoms. The molecule has 0 atom stereocenters. The Labute approximate surface area is 106 Å². The van der Waals surface area contributed by atoms with Crippen molar-refractivity contribution in [1.82, 2.24) is 0 Å². The van der Waals surface area contributed by atoms with Crippen LogP contribution in [-0.2, 0) is 0 Å². The van der Waals surface area contributed by atoms with Crippen molar-refractivity contribution in [3.63, 3.8) is 0 Å². The van der Waals surface area contributed by atoms with E-state index in [4.69, 9.17) is 11.6 Å². The monoisotopic (exact) mass is 253 g/mol. The van der Waals surface area contributed by atoms with Crippen LogP contribution in [0.5, 0.6) is 0 Å². The van der Waals surface area contributed by atoms with Gasteiger partial charge in [-0.2, -0.15) is 0 Å². The molecule has 2 rings (SSSR count). The maximum Gasteiger partial charge on any atom is 0.339 e. The van der Waals surface area contributed by atoms with E-state index in [0.717, 1.165) is 6.54 Å². The van der Waals surface area contributed by atoms with Crippen molar-refractivity contribution in [3.05, 3.63) is 28.8 Å². The molecule has 0 amide bonds. The number of hydrogen-bond acceptors (Lipinski definition) is 2. The van der Waals surface area contributed by atoms with Gasteiger partial charge in [0.25, 0.3) is 0 Å². The molecular formula is C13H16ClNO2. The fourth-order valence-corrected chi connectivity index (χ4v) is 2.45. The van der Waals surface area contributed by atoms with E-state index in [-0.39, 0.29) is 5.56 Å². The Kier molecular flexibility index (Phi) is 3.57. The van der Waals surface area contributed by atoms with Gasteiger partial charge in [0.05, 0.1) is 10.7 Å². The standard InChI is InChI=1S/C13H16ClNO2/c1-15(8-9-4-2-5-9)11-7-3-6-10(14)12(11)13(16)17/h3,6-7,9H,2,4-5,8H2,1H3,(H,16,17). The SMILES string of the molecule is CN(CC1CCC1)c1cccc(Cl)c1C(=O)O. The molecule has 1 saturated carbocycles. The summed E-state index contributed by atoms with van der Waals surface area (Å²) in [4.78, 5) is 13.2. The van der Waals surface area contributed by atoms with E-state index in [9.17, 15) is 9.90 Å². The average Bonchev–Trinajstić information content (AvgIpc) is 2.22. The number of halogens is 1. The summed E-state index contributed by atoms with van der Waals surface area (Å²) in [6.07, 6.45) is 3.78. The second-order valence-corrected chi connectivity index (χ2v) is 5.02. The van der Waals surface area contributed by atoms with E-state index in [1.54, 1.807) is 12.1 Å². The minimum absolute atomic E-state index is 0.205. The van der Waals surface area contributed by atoms with Gasteiger partial charge in [0.1, 0.15) is 5.56 Å². The maximum absolute atomic E-state index is 11.2. The molecule has 1 N–H and O–H groups in total. The Morgan fingerprint density at radius 2 is 2.24 bits per heavy atom. The second kappa shape index (κ2) is 4.96. The van der Waals surface area contributed by atoms with E-state index < -0.39 is 5.97 Å². The van der Waals surface area contributed by atoms with Gasteiger partial charge in [-0.05, 0) is 30.9 Å². The summed E-state index contributed by atoms with van der Waals surface area (Å²) in [7, 11) is 1.93. The summed E-state index contributed by atoms with van der Waals surface area (Å²) in [6.45, 7) is 0.903. The molecule has 1 fully saturated rings. The number of anilines is 1. The van der Waals surface area contributed by atoms with Gasteiger partial charge in [-0.25, -0.2) is 4.79 Å². The highest BCUT2D eigenvalue weighted by Gasteiger charge is 2.22. The van der Waals surface area contributed by atoms with Crippen LogP contribution in [0.15, 0.2) is 18.2 Å². The van der Waals surface area contributed by atoms with Crippen molar-refractivity contribution < 1.29 is 9.90 Å². The first-order valence-electron chi connectivity index (χ1n) is 5.82. The molecule has 0 unspecified atom stereocenters. The summed E-state index contributed by atoms with van der Waals surface area (Å²) in [5.41, 5.74) is 0.910. The lowest BCUT2D eigenvalue weighted by atomic mass is 9.85. The highest BCUT2D eigenvalue weighted by molar-refractivity contribution is 6.34. The van der Waals surface area contributed by atoms with Crippen molar-refractivity contribution in [2.75, 3.05) is 18.5 Å². The number of rotatable bonds is 4. The average molecular weight is 254 g/mol. The molecule has 0 saturated heterocycles. The van der Waals surface area contributed by atoms with Gasteiger partial charge in [-0.3, -0.25) is 0 Å². The van der Waals surface area contributed by atoms with Crippen LogP contribution in [-0.4, -0.2) is 24.7 Å². The molecule has 0 aliphatic heterocycles. The minimum atomic E-state index is -0.967. The van der Waals surface area contributed by atoms with E-state index in [0.29, 0.717) is 16.6 Å².